The average molecular weight is 314 g/mol. The van der Waals surface area contributed by atoms with Crippen molar-refractivity contribution in [1.29, 1.82) is 0 Å². The van der Waals surface area contributed by atoms with Gasteiger partial charge in [0.15, 0.2) is 17.5 Å². The Morgan fingerprint density at radius 1 is 1.27 bits per heavy atom. The normalized spacial score (nSPS) is 18.2. The third-order valence-electron chi connectivity index (χ3n) is 3.74. The molecule has 0 aliphatic carbocycles. The summed E-state index contributed by atoms with van der Waals surface area (Å²) < 4.78 is 39.6. The molecular formula is C15H17F3N2O2. The van der Waals surface area contributed by atoms with Crippen LogP contribution in [0.5, 0.6) is 0 Å². The molecule has 1 heterocycles. The van der Waals surface area contributed by atoms with Gasteiger partial charge in [0.05, 0.1) is 11.6 Å². The van der Waals surface area contributed by atoms with Gasteiger partial charge in [-0.2, -0.15) is 0 Å². The fourth-order valence-corrected chi connectivity index (χ4v) is 2.50. The van der Waals surface area contributed by atoms with E-state index in [1.807, 2.05) is 0 Å². The highest BCUT2D eigenvalue weighted by Crippen LogP contribution is 2.23. The second kappa shape index (κ2) is 6.81. The lowest BCUT2D eigenvalue weighted by atomic mass is 9.96. The number of piperidine rings is 1. The zero-order chi connectivity index (χ0) is 16.3. The van der Waals surface area contributed by atoms with E-state index >= 15 is 0 Å². The van der Waals surface area contributed by atoms with Crippen molar-refractivity contribution in [3.8, 4) is 0 Å². The first kappa shape index (κ1) is 16.3. The van der Waals surface area contributed by atoms with Gasteiger partial charge < -0.3 is 10.2 Å². The highest BCUT2D eigenvalue weighted by Gasteiger charge is 2.28. The number of carbonyl (C=O) groups is 2. The maximum atomic E-state index is 13.6. The summed E-state index contributed by atoms with van der Waals surface area (Å²) in [5.74, 6) is -5.39. The molecule has 1 atom stereocenters. The summed E-state index contributed by atoms with van der Waals surface area (Å²) in [5.41, 5.74) is -0.400. The monoisotopic (exact) mass is 314 g/mol. The molecule has 1 fully saturated rings. The molecule has 1 aromatic carbocycles. The van der Waals surface area contributed by atoms with E-state index in [0.29, 0.717) is 25.8 Å². The van der Waals surface area contributed by atoms with Crippen molar-refractivity contribution in [2.75, 3.05) is 18.4 Å². The minimum Gasteiger partial charge on any atom is -0.342 e. The minimum atomic E-state index is -1.62. The van der Waals surface area contributed by atoms with Gasteiger partial charge in [-0.25, -0.2) is 13.2 Å². The number of rotatable bonds is 3. The Labute approximate surface area is 126 Å². The van der Waals surface area contributed by atoms with Crippen molar-refractivity contribution in [2.24, 2.45) is 5.92 Å². The van der Waals surface area contributed by atoms with Crippen LogP contribution in [0.1, 0.15) is 26.2 Å². The van der Waals surface area contributed by atoms with Gasteiger partial charge in [-0.05, 0) is 25.0 Å². The molecule has 1 aromatic rings. The van der Waals surface area contributed by atoms with E-state index < -0.39 is 35.0 Å². The maximum Gasteiger partial charge on any atom is 0.229 e. The highest BCUT2D eigenvalue weighted by atomic mass is 19.2. The van der Waals surface area contributed by atoms with E-state index in [2.05, 4.69) is 5.32 Å². The summed E-state index contributed by atoms with van der Waals surface area (Å²) in [6.45, 7) is 2.59. The number of hydrogen-bond acceptors (Lipinski definition) is 2. The van der Waals surface area contributed by atoms with E-state index in [4.69, 9.17) is 0 Å². The number of likely N-dealkylation sites (tertiary alicyclic amines) is 1. The van der Waals surface area contributed by atoms with Gasteiger partial charge in [0.1, 0.15) is 0 Å². The summed E-state index contributed by atoms with van der Waals surface area (Å²) in [5, 5.41) is 2.27. The van der Waals surface area contributed by atoms with Gasteiger partial charge in [0.25, 0.3) is 0 Å². The Bertz CT molecular complexity index is 592. The van der Waals surface area contributed by atoms with Gasteiger partial charge in [0.2, 0.25) is 11.8 Å². The van der Waals surface area contributed by atoms with Crippen molar-refractivity contribution in [2.45, 2.75) is 26.2 Å². The smallest absolute Gasteiger partial charge is 0.229 e. The molecule has 0 spiro atoms. The van der Waals surface area contributed by atoms with Crippen LogP contribution in [0.25, 0.3) is 0 Å². The third kappa shape index (κ3) is 3.40. The molecule has 0 unspecified atom stereocenters. The fourth-order valence-electron chi connectivity index (χ4n) is 2.50. The number of hydrogen-bond donors (Lipinski definition) is 1. The van der Waals surface area contributed by atoms with E-state index in [9.17, 15) is 22.8 Å². The Morgan fingerprint density at radius 3 is 2.68 bits per heavy atom. The third-order valence-corrected chi connectivity index (χ3v) is 3.74. The SMILES string of the molecule is CCC(=O)N1CCC[C@H](C(=O)Nc2ccc(F)c(F)c2F)C1. The lowest BCUT2D eigenvalue weighted by molar-refractivity contribution is -0.134. The standard InChI is InChI=1S/C15H17F3N2O2/c1-2-12(21)20-7-3-4-9(8-20)15(22)19-11-6-5-10(16)13(17)14(11)18/h5-6,9H,2-4,7-8H2,1H3,(H,19,22)/t9-/m0/s1. The number of nitrogens with zero attached hydrogens (tertiary/aromatic N) is 1. The second-order valence-corrected chi connectivity index (χ2v) is 5.24. The first-order valence-electron chi connectivity index (χ1n) is 7.16. The lowest BCUT2D eigenvalue weighted by Gasteiger charge is -2.31. The van der Waals surface area contributed by atoms with Crippen molar-refractivity contribution >= 4 is 17.5 Å². The minimum absolute atomic E-state index is 0.0449. The van der Waals surface area contributed by atoms with Crippen LogP contribution in [0.3, 0.4) is 0 Å². The second-order valence-electron chi connectivity index (χ2n) is 5.24. The Kier molecular flexibility index (Phi) is 5.05. The Morgan fingerprint density at radius 2 is 2.00 bits per heavy atom. The molecule has 1 N–H and O–H groups in total. The van der Waals surface area contributed by atoms with Gasteiger partial charge in [-0.1, -0.05) is 6.92 Å². The van der Waals surface area contributed by atoms with Crippen molar-refractivity contribution < 1.29 is 22.8 Å². The Balaban J connectivity index is 2.06. The van der Waals surface area contributed by atoms with Crippen molar-refractivity contribution in [3.63, 3.8) is 0 Å². The molecule has 1 aliphatic rings. The van der Waals surface area contributed by atoms with E-state index in [0.717, 1.165) is 12.1 Å². The largest absolute Gasteiger partial charge is 0.342 e. The van der Waals surface area contributed by atoms with Crippen molar-refractivity contribution in [3.05, 3.63) is 29.6 Å². The predicted molar refractivity (Wildman–Crippen MR) is 74.5 cm³/mol. The number of halogens is 3. The summed E-state index contributed by atoms with van der Waals surface area (Å²) in [4.78, 5) is 25.4. The molecule has 1 saturated heterocycles. The van der Waals surface area contributed by atoms with Gasteiger partial charge >= 0.3 is 0 Å². The molecule has 4 nitrogen and oxygen atoms in total. The van der Waals surface area contributed by atoms with Crippen LogP contribution in [0, 0.1) is 23.4 Å². The van der Waals surface area contributed by atoms with E-state index in [-0.39, 0.29) is 12.5 Å². The quantitative estimate of drug-likeness (QED) is 0.872. The molecule has 0 bridgehead atoms. The van der Waals surface area contributed by atoms with Gasteiger partial charge in [0, 0.05) is 19.5 Å². The first-order chi connectivity index (χ1) is 10.4. The maximum absolute atomic E-state index is 13.6. The van der Waals surface area contributed by atoms with Crippen LogP contribution in [0.4, 0.5) is 18.9 Å². The summed E-state index contributed by atoms with van der Waals surface area (Å²) in [6.07, 6.45) is 1.58. The number of carbonyl (C=O) groups excluding carboxylic acids is 2. The first-order valence-corrected chi connectivity index (χ1v) is 7.16. The summed E-state index contributed by atoms with van der Waals surface area (Å²) >= 11 is 0. The van der Waals surface area contributed by atoms with Crippen LogP contribution < -0.4 is 5.32 Å². The number of benzene rings is 1. The molecule has 2 amide bonds. The predicted octanol–water partition coefficient (Wildman–Crippen LogP) is 2.69. The molecule has 1 aliphatic heterocycles. The van der Waals surface area contributed by atoms with Crippen LogP contribution in [-0.2, 0) is 9.59 Å². The Hall–Kier alpha value is -2.05. The molecule has 0 radical (unpaired) electrons. The lowest BCUT2D eigenvalue weighted by Crippen LogP contribution is -2.43. The molecule has 22 heavy (non-hydrogen) atoms. The average Bonchev–Trinajstić information content (AvgIpc) is 2.54. The van der Waals surface area contributed by atoms with Crippen LogP contribution in [0.15, 0.2) is 12.1 Å². The van der Waals surface area contributed by atoms with E-state index in [1.54, 1.807) is 11.8 Å². The molecule has 0 saturated carbocycles. The van der Waals surface area contributed by atoms with Crippen LogP contribution >= 0.6 is 0 Å². The van der Waals surface area contributed by atoms with Crippen molar-refractivity contribution in [1.82, 2.24) is 4.90 Å². The summed E-state index contributed by atoms with van der Waals surface area (Å²) in [7, 11) is 0. The topological polar surface area (TPSA) is 49.4 Å². The zero-order valence-corrected chi connectivity index (χ0v) is 12.2. The summed E-state index contributed by atoms with van der Waals surface area (Å²) in [6, 6.07) is 1.73. The molecule has 120 valence electrons. The van der Waals surface area contributed by atoms with Gasteiger partial charge in [-0.3, -0.25) is 9.59 Å². The number of anilines is 1. The fraction of sp³-hybridized carbons (Fsp3) is 0.467. The molecular weight excluding hydrogens is 297 g/mol. The van der Waals surface area contributed by atoms with Crippen LogP contribution in [-0.4, -0.2) is 29.8 Å². The molecule has 7 heteroatoms. The highest BCUT2D eigenvalue weighted by molar-refractivity contribution is 5.93. The number of amides is 2. The van der Waals surface area contributed by atoms with E-state index in [1.165, 1.54) is 0 Å². The number of nitrogens with one attached hydrogen (secondary N) is 1. The molecule has 2 rings (SSSR count). The molecule has 0 aromatic heterocycles. The van der Waals surface area contributed by atoms with Gasteiger partial charge in [-0.15, -0.1) is 0 Å². The zero-order valence-electron chi connectivity index (χ0n) is 12.2. The van der Waals surface area contributed by atoms with Crippen LogP contribution in [0.2, 0.25) is 0 Å².